The van der Waals surface area contributed by atoms with E-state index >= 15 is 0 Å². The van der Waals surface area contributed by atoms with Gasteiger partial charge in [-0.05, 0) is 152 Å². The van der Waals surface area contributed by atoms with E-state index in [9.17, 15) is 0 Å². The molecule has 4 nitrogen and oxygen atoms in total. The summed E-state index contributed by atoms with van der Waals surface area (Å²) >= 11 is 1.87. The van der Waals surface area contributed by atoms with Crippen LogP contribution in [0.25, 0.3) is 89.6 Å². The van der Waals surface area contributed by atoms with E-state index < -0.39 is 5.41 Å². The number of para-hydroxylation sites is 4. The summed E-state index contributed by atoms with van der Waals surface area (Å²) in [6.45, 7) is 0. The second-order valence-corrected chi connectivity index (χ2v) is 17.2. The standard InChI is InChI=1S/C57H34N2O2S/c1-2-12-45-43(11-1)44-34-39(29-30-46(44)57(45)47-13-3-9-19-53(47)62-54-20-10-4-14-48(54)57)42-32-40(35-21-25-37(26-22-35)55-58-49-15-5-7-17-51(49)60-55)31-41(33-42)36-23-27-38(28-24-36)56-59-50-16-6-8-18-52(50)61-56/h1-34H. The van der Waals surface area contributed by atoms with Crippen LogP contribution in [0.2, 0.25) is 0 Å². The fourth-order valence-electron chi connectivity index (χ4n) is 9.77. The molecule has 0 saturated heterocycles. The fourth-order valence-corrected chi connectivity index (χ4v) is 11.0. The zero-order chi connectivity index (χ0) is 40.8. The van der Waals surface area contributed by atoms with Gasteiger partial charge in [0.25, 0.3) is 0 Å². The number of hydrogen-bond acceptors (Lipinski definition) is 5. The molecule has 0 fully saturated rings. The maximum absolute atomic E-state index is 6.13. The third-order valence-electron chi connectivity index (χ3n) is 12.6. The van der Waals surface area contributed by atoms with Crippen molar-refractivity contribution < 1.29 is 8.83 Å². The van der Waals surface area contributed by atoms with Crippen molar-refractivity contribution >= 4 is 34.0 Å². The first-order chi connectivity index (χ1) is 30.7. The third-order valence-corrected chi connectivity index (χ3v) is 13.8. The van der Waals surface area contributed by atoms with Gasteiger partial charge in [-0.2, -0.15) is 0 Å². The molecule has 13 rings (SSSR count). The number of benzene rings is 9. The molecule has 0 N–H and O–H groups in total. The van der Waals surface area contributed by atoms with Gasteiger partial charge in [-0.1, -0.05) is 133 Å². The van der Waals surface area contributed by atoms with Gasteiger partial charge in [0.05, 0.1) is 5.41 Å². The van der Waals surface area contributed by atoms with Gasteiger partial charge in [-0.25, -0.2) is 9.97 Å². The summed E-state index contributed by atoms with van der Waals surface area (Å²) in [4.78, 5) is 12.1. The highest BCUT2D eigenvalue weighted by molar-refractivity contribution is 7.99. The second kappa shape index (κ2) is 13.6. The van der Waals surface area contributed by atoms with E-state index in [2.05, 4.69) is 158 Å². The minimum Gasteiger partial charge on any atom is -0.436 e. The molecular formula is C57H34N2O2S. The summed E-state index contributed by atoms with van der Waals surface area (Å²) in [5.41, 5.74) is 19.4. The number of fused-ring (bicyclic) bond motifs is 11. The first-order valence-corrected chi connectivity index (χ1v) is 21.7. The number of rotatable bonds is 5. The third kappa shape index (κ3) is 5.35. The Bertz CT molecular complexity index is 3320. The van der Waals surface area contributed by atoms with Crippen molar-refractivity contribution in [3.8, 4) is 67.4 Å². The highest BCUT2D eigenvalue weighted by atomic mass is 32.2. The summed E-state index contributed by atoms with van der Waals surface area (Å²) in [5, 5.41) is 0. The van der Waals surface area contributed by atoms with E-state index in [1.54, 1.807) is 0 Å². The van der Waals surface area contributed by atoms with E-state index in [-0.39, 0.29) is 0 Å². The molecular weight excluding hydrogens is 777 g/mol. The van der Waals surface area contributed by atoms with Crippen molar-refractivity contribution in [3.05, 3.63) is 229 Å². The van der Waals surface area contributed by atoms with Crippen LogP contribution in [0.5, 0.6) is 0 Å². The number of oxazole rings is 2. The lowest BCUT2D eigenvalue weighted by atomic mass is 9.67. The van der Waals surface area contributed by atoms with Crippen LogP contribution in [0, 0.1) is 0 Å². The summed E-state index contributed by atoms with van der Waals surface area (Å²) in [6, 6.07) is 73.9. The molecule has 1 aliphatic heterocycles. The van der Waals surface area contributed by atoms with Crippen molar-refractivity contribution in [3.63, 3.8) is 0 Å². The Morgan fingerprint density at radius 1 is 0.323 bits per heavy atom. The van der Waals surface area contributed by atoms with E-state index in [1.165, 1.54) is 43.2 Å². The monoisotopic (exact) mass is 810 g/mol. The molecule has 290 valence electrons. The van der Waals surface area contributed by atoms with Gasteiger partial charge in [0.1, 0.15) is 11.0 Å². The molecule has 0 unspecified atom stereocenters. The molecule has 1 aliphatic carbocycles. The first kappa shape index (κ1) is 35.1. The molecule has 3 heterocycles. The number of aromatic nitrogens is 2. The van der Waals surface area contributed by atoms with Crippen LogP contribution in [0.1, 0.15) is 22.3 Å². The smallest absolute Gasteiger partial charge is 0.227 e. The van der Waals surface area contributed by atoms with Gasteiger partial charge in [-0.15, -0.1) is 0 Å². The average molecular weight is 811 g/mol. The van der Waals surface area contributed by atoms with E-state index in [0.717, 1.165) is 66.7 Å². The molecule has 1 spiro atoms. The number of hydrogen-bond donors (Lipinski definition) is 0. The van der Waals surface area contributed by atoms with Gasteiger partial charge < -0.3 is 8.83 Å². The zero-order valence-electron chi connectivity index (χ0n) is 33.2. The topological polar surface area (TPSA) is 52.1 Å². The van der Waals surface area contributed by atoms with Crippen molar-refractivity contribution in [2.45, 2.75) is 15.2 Å². The van der Waals surface area contributed by atoms with E-state index in [0.29, 0.717) is 11.8 Å². The van der Waals surface area contributed by atoms with Crippen molar-refractivity contribution in [1.82, 2.24) is 9.97 Å². The minimum atomic E-state index is -0.414. The van der Waals surface area contributed by atoms with Gasteiger partial charge in [0, 0.05) is 20.9 Å². The van der Waals surface area contributed by atoms with Gasteiger partial charge in [-0.3, -0.25) is 0 Å². The molecule has 0 bridgehead atoms. The van der Waals surface area contributed by atoms with E-state index in [1.807, 2.05) is 60.3 Å². The molecule has 9 aromatic carbocycles. The first-order valence-electron chi connectivity index (χ1n) is 20.9. The van der Waals surface area contributed by atoms with Crippen LogP contribution in [-0.4, -0.2) is 9.97 Å². The molecule has 0 atom stereocenters. The molecule has 0 amide bonds. The van der Waals surface area contributed by atoms with Gasteiger partial charge in [0.2, 0.25) is 11.8 Å². The average Bonchev–Trinajstić information content (AvgIpc) is 4.05. The Kier molecular flexibility index (Phi) is 7.72. The Balaban J connectivity index is 0.961. The van der Waals surface area contributed by atoms with Crippen molar-refractivity contribution in [1.29, 1.82) is 0 Å². The largest absolute Gasteiger partial charge is 0.436 e. The Morgan fingerprint density at radius 2 is 0.742 bits per heavy atom. The molecule has 11 aromatic rings. The zero-order valence-corrected chi connectivity index (χ0v) is 34.1. The Hall–Kier alpha value is -7.73. The summed E-state index contributed by atoms with van der Waals surface area (Å²) < 4.78 is 12.3. The lowest BCUT2D eigenvalue weighted by Crippen LogP contribution is -2.31. The maximum Gasteiger partial charge on any atom is 0.227 e. The van der Waals surface area contributed by atoms with Gasteiger partial charge >= 0.3 is 0 Å². The molecule has 2 aromatic heterocycles. The minimum absolute atomic E-state index is 0.414. The van der Waals surface area contributed by atoms with Gasteiger partial charge in [0.15, 0.2) is 11.2 Å². The predicted octanol–water partition coefficient (Wildman–Crippen LogP) is 15.1. The molecule has 2 aliphatic rings. The lowest BCUT2D eigenvalue weighted by Gasteiger charge is -2.39. The van der Waals surface area contributed by atoms with Crippen LogP contribution in [0.4, 0.5) is 0 Å². The van der Waals surface area contributed by atoms with Crippen molar-refractivity contribution in [2.24, 2.45) is 0 Å². The van der Waals surface area contributed by atoms with E-state index in [4.69, 9.17) is 18.8 Å². The fraction of sp³-hybridized carbons (Fsp3) is 0.0175. The molecule has 62 heavy (non-hydrogen) atoms. The predicted molar refractivity (Wildman–Crippen MR) is 250 cm³/mol. The highest BCUT2D eigenvalue weighted by Crippen LogP contribution is 2.62. The SMILES string of the molecule is c1ccc2c(c1)Sc1ccccc1C21c2ccccc2-c2cc(-c3cc(-c4ccc(-c5nc6ccccc6o5)cc4)cc(-c4ccc(-c5nc6ccccc6o5)cc4)c3)ccc21. The Labute approximate surface area is 362 Å². The lowest BCUT2D eigenvalue weighted by molar-refractivity contribution is 0.619. The van der Waals surface area contributed by atoms with Crippen LogP contribution >= 0.6 is 11.8 Å². The quantitative estimate of drug-likeness (QED) is 0.173. The normalized spacial score (nSPS) is 13.2. The van der Waals surface area contributed by atoms with Crippen LogP contribution < -0.4 is 0 Å². The number of nitrogens with zero attached hydrogens (tertiary/aromatic N) is 2. The summed E-state index contributed by atoms with van der Waals surface area (Å²) in [6.07, 6.45) is 0. The maximum atomic E-state index is 6.13. The van der Waals surface area contributed by atoms with Crippen LogP contribution in [-0.2, 0) is 5.41 Å². The summed E-state index contributed by atoms with van der Waals surface area (Å²) in [7, 11) is 0. The molecule has 0 saturated carbocycles. The van der Waals surface area contributed by atoms with Crippen LogP contribution in [0.3, 0.4) is 0 Å². The Morgan fingerprint density at radius 3 is 1.29 bits per heavy atom. The van der Waals surface area contributed by atoms with Crippen LogP contribution in [0.15, 0.2) is 225 Å². The second-order valence-electron chi connectivity index (χ2n) is 16.1. The molecule has 0 radical (unpaired) electrons. The highest BCUT2D eigenvalue weighted by Gasteiger charge is 2.50. The molecule has 5 heteroatoms. The van der Waals surface area contributed by atoms with Crippen molar-refractivity contribution in [2.75, 3.05) is 0 Å². The summed E-state index contributed by atoms with van der Waals surface area (Å²) in [5.74, 6) is 1.23.